The fourth-order valence-corrected chi connectivity index (χ4v) is 2.14. The molecule has 4 nitrogen and oxygen atoms in total. The number of nitrogens with two attached hydrogens (primary N) is 1. The van der Waals surface area contributed by atoms with Crippen LogP contribution in [0.4, 0.5) is 0 Å². The lowest BCUT2D eigenvalue weighted by molar-refractivity contribution is 0.318. The van der Waals surface area contributed by atoms with Crippen molar-refractivity contribution in [2.45, 2.75) is 13.8 Å². The summed E-state index contributed by atoms with van der Waals surface area (Å²) in [4.78, 5) is 0. The molecule has 0 aliphatic rings. The van der Waals surface area contributed by atoms with Crippen LogP contribution in [0.1, 0.15) is 16.7 Å². The van der Waals surface area contributed by atoms with Gasteiger partial charge < -0.3 is 15.7 Å². The van der Waals surface area contributed by atoms with Gasteiger partial charge in [-0.3, -0.25) is 0 Å². The summed E-state index contributed by atoms with van der Waals surface area (Å²) in [5.74, 6) is 1.12. The average Bonchev–Trinajstić information content (AvgIpc) is 2.38. The summed E-state index contributed by atoms with van der Waals surface area (Å²) in [6.07, 6.45) is 0. The first-order valence-electron chi connectivity index (χ1n) is 6.03. The molecular weight excluding hydrogens is 276 g/mol. The topological polar surface area (TPSA) is 67.8 Å². The Balaban J connectivity index is 2.43. The maximum Gasteiger partial charge on any atom is 0.173 e. The molecule has 0 aliphatic heterocycles. The second-order valence-corrected chi connectivity index (χ2v) is 4.99. The van der Waals surface area contributed by atoms with Crippen LogP contribution in [0.2, 0.25) is 5.02 Å². The highest BCUT2D eigenvalue weighted by Gasteiger charge is 2.10. The molecule has 104 valence electrons. The van der Waals surface area contributed by atoms with E-state index in [0.717, 1.165) is 11.1 Å². The Labute approximate surface area is 122 Å². The van der Waals surface area contributed by atoms with Crippen LogP contribution in [0.15, 0.2) is 41.6 Å². The molecule has 0 bridgehead atoms. The van der Waals surface area contributed by atoms with Gasteiger partial charge in [-0.25, -0.2) is 0 Å². The zero-order chi connectivity index (χ0) is 14.7. The number of hydrogen-bond acceptors (Lipinski definition) is 3. The van der Waals surface area contributed by atoms with Crippen molar-refractivity contribution in [3.05, 3.63) is 58.1 Å². The molecule has 5 heteroatoms. The number of rotatable bonds is 3. The van der Waals surface area contributed by atoms with Crippen LogP contribution in [0, 0.1) is 13.8 Å². The number of amidine groups is 1. The molecule has 0 aliphatic carbocycles. The number of oxime groups is 1. The maximum atomic E-state index is 8.82. The maximum absolute atomic E-state index is 8.82. The van der Waals surface area contributed by atoms with Crippen molar-refractivity contribution in [2.75, 3.05) is 0 Å². The smallest absolute Gasteiger partial charge is 0.173 e. The summed E-state index contributed by atoms with van der Waals surface area (Å²) in [7, 11) is 0. The van der Waals surface area contributed by atoms with Gasteiger partial charge in [0.25, 0.3) is 0 Å². The van der Waals surface area contributed by atoms with Crippen LogP contribution in [0.5, 0.6) is 11.5 Å². The number of benzene rings is 2. The molecule has 0 fully saturated rings. The lowest BCUT2D eigenvalue weighted by Crippen LogP contribution is -2.14. The summed E-state index contributed by atoms with van der Waals surface area (Å²) < 4.78 is 5.82. The first kappa shape index (κ1) is 14.2. The Morgan fingerprint density at radius 1 is 1.15 bits per heavy atom. The summed E-state index contributed by atoms with van der Waals surface area (Å²) in [6.45, 7) is 3.98. The van der Waals surface area contributed by atoms with Gasteiger partial charge in [0.15, 0.2) is 5.84 Å². The van der Waals surface area contributed by atoms with Crippen LogP contribution in [-0.2, 0) is 0 Å². The lowest BCUT2D eigenvalue weighted by atomic mass is 10.1. The van der Waals surface area contributed by atoms with Crippen molar-refractivity contribution in [3.8, 4) is 11.5 Å². The summed E-state index contributed by atoms with van der Waals surface area (Å²) in [5.41, 5.74) is 8.28. The van der Waals surface area contributed by atoms with E-state index in [9.17, 15) is 0 Å². The van der Waals surface area contributed by atoms with E-state index in [-0.39, 0.29) is 5.84 Å². The van der Waals surface area contributed by atoms with Crippen LogP contribution < -0.4 is 10.5 Å². The second-order valence-electron chi connectivity index (χ2n) is 4.55. The van der Waals surface area contributed by atoms with E-state index in [1.54, 1.807) is 18.2 Å². The minimum absolute atomic E-state index is 0.0492. The van der Waals surface area contributed by atoms with Crippen molar-refractivity contribution in [1.82, 2.24) is 0 Å². The SMILES string of the molecule is Cc1cc(C)cc(Oc2ccc(Cl)cc2C(N)=NO)c1. The molecule has 2 rings (SSSR count). The molecule has 2 aromatic rings. The quantitative estimate of drug-likeness (QED) is 0.390. The minimum Gasteiger partial charge on any atom is -0.457 e. The summed E-state index contributed by atoms with van der Waals surface area (Å²) in [5, 5.41) is 12.3. The van der Waals surface area contributed by atoms with E-state index < -0.39 is 0 Å². The number of aryl methyl sites for hydroxylation is 2. The highest BCUT2D eigenvalue weighted by molar-refractivity contribution is 6.31. The predicted molar refractivity (Wildman–Crippen MR) is 80.0 cm³/mol. The monoisotopic (exact) mass is 290 g/mol. The highest BCUT2D eigenvalue weighted by atomic mass is 35.5. The predicted octanol–water partition coefficient (Wildman–Crippen LogP) is 3.84. The molecular formula is C15H15ClN2O2. The largest absolute Gasteiger partial charge is 0.457 e. The van der Waals surface area contributed by atoms with Crippen molar-refractivity contribution >= 4 is 17.4 Å². The number of ether oxygens (including phenoxy) is 1. The van der Waals surface area contributed by atoms with Gasteiger partial charge >= 0.3 is 0 Å². The van der Waals surface area contributed by atoms with E-state index in [4.69, 9.17) is 27.3 Å². The average molecular weight is 291 g/mol. The van der Waals surface area contributed by atoms with Gasteiger partial charge in [0.05, 0.1) is 5.56 Å². The van der Waals surface area contributed by atoms with E-state index >= 15 is 0 Å². The Kier molecular flexibility index (Phi) is 4.15. The van der Waals surface area contributed by atoms with Gasteiger partial charge in [-0.15, -0.1) is 0 Å². The van der Waals surface area contributed by atoms with Gasteiger partial charge in [0, 0.05) is 5.02 Å². The van der Waals surface area contributed by atoms with E-state index in [2.05, 4.69) is 11.2 Å². The van der Waals surface area contributed by atoms with Crippen molar-refractivity contribution in [1.29, 1.82) is 0 Å². The van der Waals surface area contributed by atoms with Crippen molar-refractivity contribution in [2.24, 2.45) is 10.9 Å². The zero-order valence-electron chi connectivity index (χ0n) is 11.2. The summed E-state index contributed by atoms with van der Waals surface area (Å²) >= 11 is 5.92. The molecule has 0 amide bonds. The zero-order valence-corrected chi connectivity index (χ0v) is 12.0. The fourth-order valence-electron chi connectivity index (χ4n) is 1.96. The fraction of sp³-hybridized carbons (Fsp3) is 0.133. The van der Waals surface area contributed by atoms with E-state index in [1.165, 1.54) is 0 Å². The van der Waals surface area contributed by atoms with Crippen LogP contribution in [-0.4, -0.2) is 11.0 Å². The molecule has 3 N–H and O–H groups in total. The highest BCUT2D eigenvalue weighted by Crippen LogP contribution is 2.29. The number of hydrogen-bond donors (Lipinski definition) is 2. The molecule has 0 heterocycles. The molecule has 0 radical (unpaired) electrons. The van der Waals surface area contributed by atoms with Crippen molar-refractivity contribution < 1.29 is 9.94 Å². The lowest BCUT2D eigenvalue weighted by Gasteiger charge is -2.12. The minimum atomic E-state index is -0.0492. The van der Waals surface area contributed by atoms with Gasteiger partial charge in [-0.2, -0.15) is 0 Å². The van der Waals surface area contributed by atoms with Gasteiger partial charge in [0.2, 0.25) is 0 Å². The first-order chi connectivity index (χ1) is 9.49. The van der Waals surface area contributed by atoms with Crippen LogP contribution >= 0.6 is 11.6 Å². The van der Waals surface area contributed by atoms with Gasteiger partial charge in [0.1, 0.15) is 11.5 Å². The van der Waals surface area contributed by atoms with Crippen LogP contribution in [0.3, 0.4) is 0 Å². The molecule has 0 atom stereocenters. The molecule has 0 spiro atoms. The molecule has 20 heavy (non-hydrogen) atoms. The third-order valence-electron chi connectivity index (χ3n) is 2.75. The molecule has 0 saturated carbocycles. The molecule has 0 aromatic heterocycles. The Bertz CT molecular complexity index is 649. The third-order valence-corrected chi connectivity index (χ3v) is 2.98. The second kappa shape index (κ2) is 5.84. The van der Waals surface area contributed by atoms with E-state index in [1.807, 2.05) is 26.0 Å². The van der Waals surface area contributed by atoms with Crippen LogP contribution in [0.25, 0.3) is 0 Å². The third kappa shape index (κ3) is 3.22. The summed E-state index contributed by atoms with van der Waals surface area (Å²) in [6, 6.07) is 10.9. The van der Waals surface area contributed by atoms with Gasteiger partial charge in [-0.05, 0) is 55.3 Å². The standard InChI is InChI=1S/C15H15ClN2O2/c1-9-5-10(2)7-12(6-9)20-14-4-3-11(16)8-13(14)15(17)18-19/h3-8,19H,1-2H3,(H2,17,18). The Morgan fingerprint density at radius 3 is 2.40 bits per heavy atom. The number of nitrogens with zero attached hydrogens (tertiary/aromatic N) is 1. The first-order valence-corrected chi connectivity index (χ1v) is 6.41. The van der Waals surface area contributed by atoms with E-state index in [0.29, 0.717) is 22.1 Å². The molecule has 0 unspecified atom stereocenters. The van der Waals surface area contributed by atoms with Crippen molar-refractivity contribution in [3.63, 3.8) is 0 Å². The molecule has 2 aromatic carbocycles. The number of halogens is 1. The van der Waals surface area contributed by atoms with Gasteiger partial charge in [-0.1, -0.05) is 22.8 Å². The Hall–Kier alpha value is -2.20. The molecule has 0 saturated heterocycles. The Morgan fingerprint density at radius 2 is 1.80 bits per heavy atom. The normalized spacial score (nSPS) is 11.4.